The second kappa shape index (κ2) is 27.6. The van der Waals surface area contributed by atoms with Crippen LogP contribution < -0.4 is 20.4 Å². The Hall–Kier alpha value is -1.16. The van der Waals surface area contributed by atoms with Gasteiger partial charge in [0.15, 0.2) is 0 Å². The molecule has 0 saturated heterocycles. The van der Waals surface area contributed by atoms with Crippen molar-refractivity contribution in [3.05, 3.63) is 115 Å². The van der Waals surface area contributed by atoms with Crippen molar-refractivity contribution in [3.8, 4) is 23.0 Å². The molecule has 4 aromatic rings. The average molecular weight is 760 g/mol. The molecule has 11 heteroatoms. The third-order valence-electron chi connectivity index (χ3n) is 6.01. The molecule has 4 nitrogen and oxygen atoms in total. The van der Waals surface area contributed by atoms with Gasteiger partial charge in [-0.3, -0.25) is 0 Å². The molecule has 0 radical (unpaired) electrons. The molecule has 0 heterocycles. The molecule has 0 amide bonds. The molecular formula is C36H41Al3Cl4O4. The zero-order chi connectivity index (χ0) is 35.8. The summed E-state index contributed by atoms with van der Waals surface area (Å²) >= 11 is 27.5. The van der Waals surface area contributed by atoms with Crippen LogP contribution in [0, 0.1) is 0 Å². The summed E-state index contributed by atoms with van der Waals surface area (Å²) in [5, 5.41) is 55.1. The van der Waals surface area contributed by atoms with E-state index in [2.05, 4.69) is 50.9 Å². The van der Waals surface area contributed by atoms with Gasteiger partial charge in [-0.15, -0.1) is 23.0 Å². The Balaban J connectivity index is 0.000000661. The maximum atomic E-state index is 11.6. The van der Waals surface area contributed by atoms with E-state index in [1.807, 2.05) is 0 Å². The van der Waals surface area contributed by atoms with E-state index in [1.54, 1.807) is 24.3 Å². The SMILES string of the molecule is C[CH2][Al+2].C[CH2][Al+][CH2]C.C[CH2][Al+][CH2]C.[O-]c1ccc(Cl)cc1Cc1cc(Cl)ccc1[O-].[O-]c1ccc(Cl)cc1Cc1cc(Cl)ccc1[O-]. The van der Waals surface area contributed by atoms with Crippen LogP contribution in [-0.4, -0.2) is 46.7 Å². The monoisotopic (exact) mass is 758 g/mol. The van der Waals surface area contributed by atoms with E-state index < -0.39 is 0 Å². The van der Waals surface area contributed by atoms with Crippen molar-refractivity contribution in [2.24, 2.45) is 0 Å². The number of hydrogen-bond acceptors (Lipinski definition) is 4. The van der Waals surface area contributed by atoms with Crippen molar-refractivity contribution in [1.82, 2.24) is 0 Å². The molecule has 0 spiro atoms. The van der Waals surface area contributed by atoms with Crippen molar-refractivity contribution >= 4 is 93.1 Å². The molecule has 0 aromatic heterocycles. The third kappa shape index (κ3) is 20.8. The van der Waals surface area contributed by atoms with Gasteiger partial charge in [0.05, 0.1) is 0 Å². The van der Waals surface area contributed by atoms with Gasteiger partial charge in [-0.1, -0.05) is 92.9 Å². The van der Waals surface area contributed by atoms with Crippen LogP contribution in [0.2, 0.25) is 46.5 Å². The molecule has 246 valence electrons. The van der Waals surface area contributed by atoms with Crippen LogP contribution in [0.4, 0.5) is 0 Å². The first kappa shape index (κ1) is 45.8. The van der Waals surface area contributed by atoms with Gasteiger partial charge in [-0.05, 0) is 61.4 Å². The molecule has 0 aliphatic rings. The smallest absolute Gasteiger partial charge is 0.0408 e. The number of halogens is 4. The van der Waals surface area contributed by atoms with Gasteiger partial charge < -0.3 is 20.4 Å². The van der Waals surface area contributed by atoms with Crippen molar-refractivity contribution in [2.45, 2.75) is 73.9 Å². The maximum Gasteiger partial charge on any atom is 0.0408 e. The number of hydrogen-bond donors (Lipinski definition) is 0. The minimum atomic E-state index is -0.131. The Morgan fingerprint density at radius 1 is 0.447 bits per heavy atom. The van der Waals surface area contributed by atoms with E-state index >= 15 is 0 Å². The molecule has 0 unspecified atom stereocenters. The Labute approximate surface area is 322 Å². The summed E-state index contributed by atoms with van der Waals surface area (Å²) in [5.74, 6) is -0.523. The maximum absolute atomic E-state index is 11.6. The minimum Gasteiger partial charge on any atom is -0.872 e. The van der Waals surface area contributed by atoms with Gasteiger partial charge in [0.25, 0.3) is 0 Å². The Bertz CT molecular complexity index is 1230. The quantitative estimate of drug-likeness (QED) is 0.168. The van der Waals surface area contributed by atoms with E-state index in [9.17, 15) is 20.4 Å². The molecule has 4 aromatic carbocycles. The molecule has 0 saturated carbocycles. The first-order valence-electron chi connectivity index (χ1n) is 15.5. The van der Waals surface area contributed by atoms with Gasteiger partial charge in [0.2, 0.25) is 0 Å². The zero-order valence-corrected chi connectivity index (χ0v) is 34.2. The molecule has 0 aliphatic heterocycles. The molecule has 0 atom stereocenters. The van der Waals surface area contributed by atoms with Gasteiger partial charge >= 0.3 is 108 Å². The van der Waals surface area contributed by atoms with Crippen molar-refractivity contribution in [2.75, 3.05) is 0 Å². The summed E-state index contributed by atoms with van der Waals surface area (Å²) < 4.78 is 0. The fourth-order valence-corrected chi connectivity index (χ4v) is 5.67. The topological polar surface area (TPSA) is 92.2 Å². The second-order valence-corrected chi connectivity index (χ2v) is 17.0. The third-order valence-corrected chi connectivity index (χ3v) is 9.26. The van der Waals surface area contributed by atoms with Crippen molar-refractivity contribution in [3.63, 3.8) is 0 Å². The summed E-state index contributed by atoms with van der Waals surface area (Å²) in [6.07, 6.45) is 0.498. The molecular weight excluding hydrogens is 719 g/mol. The van der Waals surface area contributed by atoms with Crippen LogP contribution in [0.3, 0.4) is 0 Å². The van der Waals surface area contributed by atoms with E-state index in [-0.39, 0.29) is 35.8 Å². The standard InChI is InChI=1S/2C13H10Cl2O2.5C2H5.3Al/c2*14-10-1-3-12(16)8(6-10)5-9-7-11(15)2-4-13(9)17;5*1-2;;;/h2*1-4,6-7,16-17H,5H2;5*1H2,2H3;;;/q;;;;;;;2*+1;+2/p-4. The van der Waals surface area contributed by atoms with Gasteiger partial charge in [0, 0.05) is 20.1 Å². The number of rotatable bonds is 8. The van der Waals surface area contributed by atoms with Crippen LogP contribution in [0.15, 0.2) is 72.8 Å². The Kier molecular flexibility index (Phi) is 27.0. The zero-order valence-electron chi connectivity index (χ0n) is 27.8. The van der Waals surface area contributed by atoms with Crippen LogP contribution in [0.5, 0.6) is 23.0 Å². The van der Waals surface area contributed by atoms with Crippen molar-refractivity contribution < 1.29 is 20.4 Å². The molecule has 0 bridgehead atoms. The molecule has 4 rings (SSSR count). The first-order valence-corrected chi connectivity index (χ1v) is 21.1. The summed E-state index contributed by atoms with van der Waals surface area (Å²) in [6.45, 7) is 11.1. The largest absolute Gasteiger partial charge is 0.872 e. The fourth-order valence-electron chi connectivity index (χ4n) is 3.73. The van der Waals surface area contributed by atoms with Crippen LogP contribution >= 0.6 is 46.4 Å². The predicted molar refractivity (Wildman–Crippen MR) is 199 cm³/mol. The average Bonchev–Trinajstić information content (AvgIpc) is 3.03. The fraction of sp³-hybridized carbons (Fsp3) is 0.333. The second-order valence-electron chi connectivity index (χ2n) is 9.98. The van der Waals surface area contributed by atoms with E-state index in [0.29, 0.717) is 42.3 Å². The van der Waals surface area contributed by atoms with E-state index in [0.717, 1.165) is 30.4 Å². The molecule has 0 aliphatic carbocycles. The minimum absolute atomic E-state index is 0.131. The molecule has 0 fully saturated rings. The van der Waals surface area contributed by atoms with Gasteiger partial charge in [0.1, 0.15) is 0 Å². The number of benzene rings is 4. The summed E-state index contributed by atoms with van der Waals surface area (Å²) in [6, 6.07) is 18.0. The summed E-state index contributed by atoms with van der Waals surface area (Å²) in [7, 11) is 0. The van der Waals surface area contributed by atoms with Gasteiger partial charge in [-0.25, -0.2) is 0 Å². The summed E-state index contributed by atoms with van der Waals surface area (Å²) in [4.78, 5) is 0. The summed E-state index contributed by atoms with van der Waals surface area (Å²) in [5.41, 5.74) is 1.99. The Morgan fingerprint density at radius 3 is 0.787 bits per heavy atom. The van der Waals surface area contributed by atoms with E-state index in [1.165, 1.54) is 74.9 Å². The van der Waals surface area contributed by atoms with Gasteiger partial charge in [-0.2, -0.15) is 0 Å². The predicted octanol–water partition coefficient (Wildman–Crippen LogP) is 9.19. The first-order chi connectivity index (χ1) is 22.4. The van der Waals surface area contributed by atoms with Crippen LogP contribution in [0.1, 0.15) is 56.9 Å². The Morgan fingerprint density at radius 2 is 0.638 bits per heavy atom. The van der Waals surface area contributed by atoms with Crippen LogP contribution in [0.25, 0.3) is 0 Å². The molecule has 0 N–H and O–H groups in total. The normalized spacial score (nSPS) is 9.43. The molecule has 47 heavy (non-hydrogen) atoms. The van der Waals surface area contributed by atoms with Crippen molar-refractivity contribution in [1.29, 1.82) is 0 Å². The van der Waals surface area contributed by atoms with Crippen LogP contribution in [-0.2, 0) is 12.8 Å². The van der Waals surface area contributed by atoms with E-state index in [4.69, 9.17) is 46.4 Å².